The lowest BCUT2D eigenvalue weighted by Gasteiger charge is -1.97. The van der Waals surface area contributed by atoms with Crippen molar-refractivity contribution in [2.75, 3.05) is 24.6 Å². The van der Waals surface area contributed by atoms with E-state index in [0.717, 1.165) is 13.1 Å². The van der Waals surface area contributed by atoms with Crippen molar-refractivity contribution < 1.29 is 4.58 Å². The van der Waals surface area contributed by atoms with Gasteiger partial charge in [0.2, 0.25) is 0 Å². The molecule has 1 rings (SSSR count). The van der Waals surface area contributed by atoms with Gasteiger partial charge in [-0.3, -0.25) is 0 Å². The summed E-state index contributed by atoms with van der Waals surface area (Å²) in [6.45, 7) is 6.75. The van der Waals surface area contributed by atoms with Crippen LogP contribution in [0.5, 0.6) is 0 Å². The summed E-state index contributed by atoms with van der Waals surface area (Å²) in [5.41, 5.74) is 0. The largest absolute Gasteiger partial charge is 0.270 e. The first-order valence-electron chi connectivity index (χ1n) is 3.76. The fourth-order valence-corrected chi connectivity index (χ4v) is 3.69. The molecule has 10 heavy (non-hydrogen) atoms. The highest BCUT2D eigenvalue weighted by atomic mass is 32.2. The fraction of sp³-hybridized carbons (Fsp3) is 0.857. The molecule has 0 radical (unpaired) electrons. The predicted molar refractivity (Wildman–Crippen MR) is 51.3 cm³/mol. The summed E-state index contributed by atoms with van der Waals surface area (Å²) in [6, 6.07) is 0. The van der Waals surface area contributed by atoms with E-state index in [4.69, 9.17) is 0 Å². The number of hydrogen-bond acceptors (Lipinski definition) is 2. The molecule has 0 saturated carbocycles. The van der Waals surface area contributed by atoms with E-state index in [1.807, 2.05) is 23.5 Å². The maximum absolute atomic E-state index is 2.43. The van der Waals surface area contributed by atoms with Gasteiger partial charge in [0, 0.05) is 11.5 Å². The van der Waals surface area contributed by atoms with Gasteiger partial charge >= 0.3 is 0 Å². The van der Waals surface area contributed by atoms with Crippen LogP contribution in [0.4, 0.5) is 0 Å². The minimum atomic E-state index is 1.16. The van der Waals surface area contributed by atoms with Crippen LogP contribution in [0.25, 0.3) is 0 Å². The Kier molecular flexibility index (Phi) is 3.63. The molecule has 0 aromatic rings. The molecule has 1 heterocycles. The van der Waals surface area contributed by atoms with Crippen LogP contribution < -0.4 is 0 Å². The highest BCUT2D eigenvalue weighted by Crippen LogP contribution is 2.25. The van der Waals surface area contributed by atoms with Crippen LogP contribution in [0.15, 0.2) is 0 Å². The minimum absolute atomic E-state index is 1.16. The van der Waals surface area contributed by atoms with Gasteiger partial charge in [-0.05, 0) is 37.4 Å². The molecule has 0 unspecified atom stereocenters. The summed E-state index contributed by atoms with van der Waals surface area (Å²) in [5, 5.41) is 0. The van der Waals surface area contributed by atoms with Gasteiger partial charge in [-0.25, -0.2) is 4.58 Å². The maximum atomic E-state index is 2.43. The van der Waals surface area contributed by atoms with Crippen LogP contribution in [0.2, 0.25) is 0 Å². The van der Waals surface area contributed by atoms with Crippen molar-refractivity contribution in [2.24, 2.45) is 0 Å². The van der Waals surface area contributed by atoms with Crippen molar-refractivity contribution in [1.82, 2.24) is 0 Å². The van der Waals surface area contributed by atoms with Crippen LogP contribution in [-0.2, 0) is 0 Å². The van der Waals surface area contributed by atoms with Crippen molar-refractivity contribution in [3.8, 4) is 0 Å². The van der Waals surface area contributed by atoms with Gasteiger partial charge in [-0.15, -0.1) is 0 Å². The van der Waals surface area contributed by atoms with Gasteiger partial charge in [-0.1, -0.05) is 0 Å². The number of rotatable bonds is 2. The summed E-state index contributed by atoms with van der Waals surface area (Å²) in [6.07, 6.45) is 0. The second kappa shape index (κ2) is 4.29. The van der Waals surface area contributed by atoms with E-state index in [-0.39, 0.29) is 0 Å². The lowest BCUT2D eigenvalue weighted by Crippen LogP contribution is -2.14. The molecule has 0 aliphatic carbocycles. The Morgan fingerprint density at radius 2 is 1.70 bits per heavy atom. The Bertz CT molecular complexity index is 129. The van der Waals surface area contributed by atoms with E-state index < -0.39 is 0 Å². The summed E-state index contributed by atoms with van der Waals surface area (Å²) in [5.74, 6) is 2.60. The zero-order valence-electron chi connectivity index (χ0n) is 6.59. The second-order valence-electron chi connectivity index (χ2n) is 2.14. The minimum Gasteiger partial charge on any atom is -0.219 e. The van der Waals surface area contributed by atoms with Crippen LogP contribution >= 0.6 is 23.5 Å². The normalized spacial score (nSPS) is 18.0. The molecule has 0 aromatic heterocycles. The number of thioether (sulfide) groups is 2. The average Bonchev–Trinajstić information content (AvgIpc) is 2.43. The smallest absolute Gasteiger partial charge is 0.219 e. The molecule has 0 N–H and O–H groups in total. The molecule has 58 valence electrons. The fourth-order valence-electron chi connectivity index (χ4n) is 0.964. The molecule has 0 aromatic carbocycles. The third-order valence-electron chi connectivity index (χ3n) is 1.56. The van der Waals surface area contributed by atoms with Crippen molar-refractivity contribution in [1.29, 1.82) is 0 Å². The highest BCUT2D eigenvalue weighted by Gasteiger charge is 2.18. The highest BCUT2D eigenvalue weighted by molar-refractivity contribution is 8.41. The summed E-state index contributed by atoms with van der Waals surface area (Å²) in [4.78, 5) is 0. The Labute approximate surface area is 71.3 Å². The first kappa shape index (κ1) is 8.47. The lowest BCUT2D eigenvalue weighted by atomic mass is 10.6. The van der Waals surface area contributed by atoms with Gasteiger partial charge in [0.05, 0.1) is 0 Å². The number of hydrogen-bond donors (Lipinski definition) is 0. The third kappa shape index (κ3) is 1.92. The van der Waals surface area contributed by atoms with Gasteiger partial charge in [-0.2, -0.15) is 0 Å². The van der Waals surface area contributed by atoms with Crippen LogP contribution in [-0.4, -0.2) is 33.5 Å². The van der Waals surface area contributed by atoms with Crippen molar-refractivity contribution in [2.45, 2.75) is 13.8 Å². The molecule has 1 fully saturated rings. The Hall–Kier alpha value is 0.370. The van der Waals surface area contributed by atoms with E-state index in [9.17, 15) is 0 Å². The average molecular weight is 176 g/mol. The van der Waals surface area contributed by atoms with Crippen molar-refractivity contribution >= 4 is 27.9 Å². The molecular weight excluding hydrogens is 162 g/mol. The molecule has 0 spiro atoms. The molecular formula is C7H14NS2+. The van der Waals surface area contributed by atoms with Gasteiger partial charge in [0.25, 0.3) is 4.38 Å². The number of nitrogens with zero attached hydrogens (tertiary/aromatic N) is 1. The zero-order valence-corrected chi connectivity index (χ0v) is 8.23. The van der Waals surface area contributed by atoms with Gasteiger partial charge in [0.1, 0.15) is 13.1 Å². The maximum Gasteiger partial charge on any atom is 0.270 e. The van der Waals surface area contributed by atoms with E-state index >= 15 is 0 Å². The Balaban J connectivity index is 2.59. The van der Waals surface area contributed by atoms with E-state index in [1.54, 1.807) is 0 Å². The SMILES string of the molecule is CC[N+](CC)=C1SCCS1. The lowest BCUT2D eigenvalue weighted by molar-refractivity contribution is -0.515. The topological polar surface area (TPSA) is 3.01 Å². The van der Waals surface area contributed by atoms with E-state index in [1.165, 1.54) is 15.9 Å². The Morgan fingerprint density at radius 1 is 1.20 bits per heavy atom. The monoisotopic (exact) mass is 176 g/mol. The van der Waals surface area contributed by atoms with Gasteiger partial charge in [0.15, 0.2) is 0 Å². The second-order valence-corrected chi connectivity index (χ2v) is 4.56. The summed E-state index contributed by atoms with van der Waals surface area (Å²) in [7, 11) is 0. The quantitative estimate of drug-likeness (QED) is 0.591. The third-order valence-corrected chi connectivity index (χ3v) is 4.35. The molecule has 0 amide bonds. The van der Waals surface area contributed by atoms with Crippen LogP contribution in [0.1, 0.15) is 13.8 Å². The molecule has 1 saturated heterocycles. The summed E-state index contributed by atoms with van der Waals surface area (Å²) >= 11 is 4.01. The standard InChI is InChI=1S/C7H14NS2/c1-3-8(4-2)7-9-5-6-10-7/h3-6H2,1-2H3/q+1. The van der Waals surface area contributed by atoms with Crippen LogP contribution in [0.3, 0.4) is 0 Å². The Morgan fingerprint density at radius 3 is 2.10 bits per heavy atom. The molecule has 1 nitrogen and oxygen atoms in total. The molecule has 0 bridgehead atoms. The first-order chi connectivity index (χ1) is 4.88. The zero-order chi connectivity index (χ0) is 7.40. The predicted octanol–water partition coefficient (Wildman–Crippen LogP) is 1.87. The van der Waals surface area contributed by atoms with E-state index in [2.05, 4.69) is 18.4 Å². The van der Waals surface area contributed by atoms with E-state index in [0.29, 0.717) is 0 Å². The van der Waals surface area contributed by atoms with Crippen molar-refractivity contribution in [3.05, 3.63) is 0 Å². The summed E-state index contributed by atoms with van der Waals surface area (Å²) < 4.78 is 3.97. The van der Waals surface area contributed by atoms with Crippen molar-refractivity contribution in [3.63, 3.8) is 0 Å². The molecule has 0 atom stereocenters. The molecule has 3 heteroatoms. The molecule has 1 aliphatic rings. The van der Waals surface area contributed by atoms with Crippen LogP contribution in [0, 0.1) is 0 Å². The first-order valence-corrected chi connectivity index (χ1v) is 5.73. The molecule has 1 aliphatic heterocycles. The van der Waals surface area contributed by atoms with Gasteiger partial charge < -0.3 is 0 Å².